The summed E-state index contributed by atoms with van der Waals surface area (Å²) in [5.41, 5.74) is 2.96. The van der Waals surface area contributed by atoms with Crippen LogP contribution in [-0.4, -0.2) is 49.6 Å². The monoisotopic (exact) mass is 345 g/mol. The first-order valence-corrected chi connectivity index (χ1v) is 8.98. The van der Waals surface area contributed by atoms with Crippen molar-refractivity contribution in [2.75, 3.05) is 38.7 Å². The topological polar surface area (TPSA) is 45.7 Å². The van der Waals surface area contributed by atoms with Crippen LogP contribution in [0.2, 0.25) is 0 Å². The van der Waals surface area contributed by atoms with Crippen molar-refractivity contribution < 1.29 is 9.53 Å². The molecule has 5 nitrogen and oxygen atoms in total. The van der Waals surface area contributed by atoms with Gasteiger partial charge in [-0.2, -0.15) is 0 Å². The fourth-order valence-electron chi connectivity index (χ4n) is 2.83. The van der Waals surface area contributed by atoms with Gasteiger partial charge in [-0.1, -0.05) is 6.07 Å². The molecule has 3 heterocycles. The molecule has 24 heavy (non-hydrogen) atoms. The van der Waals surface area contributed by atoms with Gasteiger partial charge in [-0.3, -0.25) is 9.78 Å². The van der Waals surface area contributed by atoms with Gasteiger partial charge in [0.1, 0.15) is 6.10 Å². The fourth-order valence-corrected chi connectivity index (χ4v) is 3.52. The lowest BCUT2D eigenvalue weighted by Gasteiger charge is -2.33. The van der Waals surface area contributed by atoms with Gasteiger partial charge in [0.25, 0.3) is 0 Å². The second-order valence-electron chi connectivity index (χ2n) is 6.24. The molecule has 3 rings (SSSR count). The molecule has 2 aromatic rings. The molecule has 1 saturated heterocycles. The molecule has 0 aliphatic carbocycles. The molecule has 2 aromatic heterocycles. The Kier molecular flexibility index (Phi) is 5.16. The Bertz CT molecular complexity index is 700. The van der Waals surface area contributed by atoms with E-state index in [4.69, 9.17) is 4.74 Å². The quantitative estimate of drug-likeness (QED) is 0.855. The lowest BCUT2D eigenvalue weighted by Crippen LogP contribution is -2.43. The Labute approximate surface area is 146 Å². The molecule has 0 spiro atoms. The van der Waals surface area contributed by atoms with Gasteiger partial charge in [-0.25, -0.2) is 0 Å². The van der Waals surface area contributed by atoms with E-state index in [0.29, 0.717) is 26.1 Å². The van der Waals surface area contributed by atoms with E-state index in [-0.39, 0.29) is 12.0 Å². The highest BCUT2D eigenvalue weighted by molar-refractivity contribution is 7.10. The molecule has 6 heteroatoms. The van der Waals surface area contributed by atoms with E-state index in [0.717, 1.165) is 22.0 Å². The van der Waals surface area contributed by atoms with Crippen LogP contribution in [0.5, 0.6) is 0 Å². The Balaban J connectivity index is 1.72. The van der Waals surface area contributed by atoms with Gasteiger partial charge in [-0.15, -0.1) is 11.3 Å². The third-order valence-corrected chi connectivity index (χ3v) is 5.01. The number of nitrogens with zero attached hydrogens (tertiary/aromatic N) is 3. The summed E-state index contributed by atoms with van der Waals surface area (Å²) >= 11 is 1.62. The van der Waals surface area contributed by atoms with Crippen LogP contribution in [0.3, 0.4) is 0 Å². The molecule has 1 atom stereocenters. The maximum Gasteiger partial charge on any atom is 0.228 e. The van der Waals surface area contributed by atoms with Crippen molar-refractivity contribution in [3.05, 3.63) is 45.9 Å². The third kappa shape index (κ3) is 3.94. The zero-order valence-electron chi connectivity index (χ0n) is 14.4. The lowest BCUT2D eigenvalue weighted by atomic mass is 10.1. The second-order valence-corrected chi connectivity index (χ2v) is 7.27. The summed E-state index contributed by atoms with van der Waals surface area (Å²) < 4.78 is 5.90. The van der Waals surface area contributed by atoms with Crippen LogP contribution < -0.4 is 4.90 Å². The van der Waals surface area contributed by atoms with Crippen molar-refractivity contribution in [1.82, 2.24) is 9.88 Å². The number of amides is 1. The average molecular weight is 345 g/mol. The van der Waals surface area contributed by atoms with E-state index in [9.17, 15) is 4.79 Å². The predicted octanol–water partition coefficient (Wildman–Crippen LogP) is 2.66. The summed E-state index contributed by atoms with van der Waals surface area (Å²) in [7, 11) is 4.02. The molecule has 0 aromatic carbocycles. The van der Waals surface area contributed by atoms with Crippen molar-refractivity contribution in [2.24, 2.45) is 0 Å². The lowest BCUT2D eigenvalue weighted by molar-refractivity contribution is -0.138. The number of morpholine rings is 1. The van der Waals surface area contributed by atoms with E-state index in [1.165, 1.54) is 0 Å². The molecule has 1 unspecified atom stereocenters. The van der Waals surface area contributed by atoms with E-state index < -0.39 is 0 Å². The minimum Gasteiger partial charge on any atom is -0.378 e. The molecule has 1 amide bonds. The largest absolute Gasteiger partial charge is 0.378 e. The predicted molar refractivity (Wildman–Crippen MR) is 96.6 cm³/mol. The van der Waals surface area contributed by atoms with Crippen LogP contribution >= 0.6 is 11.3 Å². The third-order valence-electron chi connectivity index (χ3n) is 4.13. The smallest absolute Gasteiger partial charge is 0.228 e. The first-order chi connectivity index (χ1) is 11.5. The number of carbonyl (C=O) groups excluding carboxylic acids is 1. The summed E-state index contributed by atoms with van der Waals surface area (Å²) in [6.45, 7) is 3.74. The fraction of sp³-hybridized carbons (Fsp3) is 0.444. The number of aromatic nitrogens is 1. The Morgan fingerprint density at radius 2 is 2.29 bits per heavy atom. The van der Waals surface area contributed by atoms with Crippen molar-refractivity contribution >= 4 is 22.9 Å². The van der Waals surface area contributed by atoms with Crippen LogP contribution in [0.1, 0.15) is 22.4 Å². The molecular formula is C18H23N3O2S. The number of pyridine rings is 1. The summed E-state index contributed by atoms with van der Waals surface area (Å²) in [5, 5.41) is 2.00. The normalized spacial score (nSPS) is 17.8. The Morgan fingerprint density at radius 3 is 3.00 bits per heavy atom. The zero-order valence-corrected chi connectivity index (χ0v) is 15.2. The van der Waals surface area contributed by atoms with E-state index >= 15 is 0 Å². The van der Waals surface area contributed by atoms with Gasteiger partial charge in [0.05, 0.1) is 25.3 Å². The van der Waals surface area contributed by atoms with Gasteiger partial charge in [0.15, 0.2) is 0 Å². The van der Waals surface area contributed by atoms with Gasteiger partial charge in [-0.05, 0) is 30.5 Å². The minimum atomic E-state index is -0.162. The molecule has 0 saturated carbocycles. The van der Waals surface area contributed by atoms with E-state index in [1.807, 2.05) is 55.6 Å². The van der Waals surface area contributed by atoms with Gasteiger partial charge >= 0.3 is 0 Å². The number of rotatable bonds is 4. The molecule has 1 fully saturated rings. The number of hydrogen-bond acceptors (Lipinski definition) is 5. The van der Waals surface area contributed by atoms with Crippen LogP contribution in [0.15, 0.2) is 29.6 Å². The highest BCUT2D eigenvalue weighted by Crippen LogP contribution is 2.25. The van der Waals surface area contributed by atoms with E-state index in [2.05, 4.69) is 9.88 Å². The van der Waals surface area contributed by atoms with Crippen molar-refractivity contribution in [3.63, 3.8) is 0 Å². The van der Waals surface area contributed by atoms with E-state index in [1.54, 1.807) is 11.3 Å². The highest BCUT2D eigenvalue weighted by atomic mass is 32.1. The van der Waals surface area contributed by atoms with Crippen LogP contribution in [0, 0.1) is 6.92 Å². The average Bonchev–Trinajstić information content (AvgIpc) is 3.07. The summed E-state index contributed by atoms with van der Waals surface area (Å²) in [5.74, 6) is 0.159. The number of hydrogen-bond donors (Lipinski definition) is 0. The van der Waals surface area contributed by atoms with Crippen molar-refractivity contribution in [2.45, 2.75) is 19.4 Å². The number of anilines is 1. The van der Waals surface area contributed by atoms with Gasteiger partial charge < -0.3 is 14.5 Å². The molecule has 0 radical (unpaired) electrons. The second kappa shape index (κ2) is 7.32. The summed E-state index contributed by atoms with van der Waals surface area (Å²) in [6.07, 6.45) is 0.304. The highest BCUT2D eigenvalue weighted by Gasteiger charge is 2.27. The SMILES string of the molecule is Cc1cc(N(C)C)cc(C2CN(C(=O)Cc3cccs3)CCO2)n1. The van der Waals surface area contributed by atoms with Crippen molar-refractivity contribution in [1.29, 1.82) is 0 Å². The number of carbonyl (C=O) groups is 1. The Morgan fingerprint density at radius 1 is 1.46 bits per heavy atom. The maximum atomic E-state index is 12.5. The maximum absolute atomic E-state index is 12.5. The first kappa shape index (κ1) is 16.9. The summed E-state index contributed by atoms with van der Waals surface area (Å²) in [6, 6.07) is 8.08. The summed E-state index contributed by atoms with van der Waals surface area (Å²) in [4.78, 5) is 22.2. The first-order valence-electron chi connectivity index (χ1n) is 8.10. The molecule has 0 N–H and O–H groups in total. The van der Waals surface area contributed by atoms with Crippen molar-refractivity contribution in [3.8, 4) is 0 Å². The van der Waals surface area contributed by atoms with Crippen LogP contribution in [0.4, 0.5) is 5.69 Å². The minimum absolute atomic E-state index is 0.159. The van der Waals surface area contributed by atoms with Crippen LogP contribution in [0.25, 0.3) is 0 Å². The standard InChI is InChI=1S/C18H23N3O2S/c1-13-9-14(20(2)3)10-16(19-13)17-12-21(6-7-23-17)18(22)11-15-5-4-8-24-15/h4-5,8-10,17H,6-7,11-12H2,1-3H3. The number of ether oxygens (including phenoxy) is 1. The zero-order chi connectivity index (χ0) is 17.1. The molecule has 128 valence electrons. The van der Waals surface area contributed by atoms with Crippen LogP contribution in [-0.2, 0) is 16.0 Å². The molecule has 1 aliphatic rings. The molecule has 0 bridgehead atoms. The molecular weight excluding hydrogens is 322 g/mol. The number of thiophene rings is 1. The molecule has 1 aliphatic heterocycles. The van der Waals surface area contributed by atoms with Gasteiger partial charge in [0, 0.05) is 36.9 Å². The Hall–Kier alpha value is -1.92. The van der Waals surface area contributed by atoms with Gasteiger partial charge in [0.2, 0.25) is 5.91 Å². The number of aryl methyl sites for hydroxylation is 1.